The smallest absolute Gasteiger partial charge is 0.305 e. The van der Waals surface area contributed by atoms with Crippen molar-refractivity contribution in [2.45, 2.75) is 12.5 Å². The summed E-state index contributed by atoms with van der Waals surface area (Å²) in [7, 11) is 3.11. The molecule has 0 radical (unpaired) electrons. The van der Waals surface area contributed by atoms with E-state index in [1.165, 1.54) is 12.4 Å². The van der Waals surface area contributed by atoms with Crippen LogP contribution in [0.15, 0.2) is 30.6 Å². The van der Waals surface area contributed by atoms with Gasteiger partial charge in [0, 0.05) is 29.6 Å². The number of benzene rings is 1. The molecule has 1 atom stereocenters. The van der Waals surface area contributed by atoms with Crippen LogP contribution in [0, 0.1) is 0 Å². The third-order valence-electron chi connectivity index (χ3n) is 3.14. The van der Waals surface area contributed by atoms with E-state index in [0.717, 1.165) is 5.56 Å². The van der Waals surface area contributed by atoms with Gasteiger partial charge in [-0.15, -0.1) is 0 Å². The van der Waals surface area contributed by atoms with Gasteiger partial charge in [-0.05, 0) is 18.2 Å². The highest BCUT2D eigenvalue weighted by atomic mass is 16.5. The molecule has 0 spiro atoms. The summed E-state index contributed by atoms with van der Waals surface area (Å²) in [4.78, 5) is 19.1. The van der Waals surface area contributed by atoms with Crippen molar-refractivity contribution < 1.29 is 19.4 Å². The van der Waals surface area contributed by atoms with E-state index < -0.39 is 12.0 Å². The Morgan fingerprint density at radius 3 is 2.41 bits per heavy atom. The fraction of sp³-hybridized carbons (Fsp3) is 0.267. The van der Waals surface area contributed by atoms with Crippen LogP contribution in [-0.4, -0.2) is 35.3 Å². The van der Waals surface area contributed by atoms with Gasteiger partial charge >= 0.3 is 5.97 Å². The molecule has 2 aromatic rings. The summed E-state index contributed by atoms with van der Waals surface area (Å²) in [5.74, 6) is 0.727. The number of carboxylic acids is 1. The molecule has 7 heteroatoms. The number of hydrogen-bond donors (Lipinski definition) is 2. The van der Waals surface area contributed by atoms with Crippen molar-refractivity contribution in [3.05, 3.63) is 36.2 Å². The summed E-state index contributed by atoms with van der Waals surface area (Å²) in [5.41, 5.74) is 7.11. The van der Waals surface area contributed by atoms with E-state index in [0.29, 0.717) is 22.9 Å². The number of aliphatic carboxylic acids is 1. The standard InChI is InChI=1S/C15H17N3O4/c1-21-12-4-3-9(5-13(12)22-2)15-17-7-10(8-18-15)11(16)6-14(19)20/h3-5,7-8,11H,6,16H2,1-2H3,(H,19,20). The van der Waals surface area contributed by atoms with E-state index in [-0.39, 0.29) is 6.42 Å². The zero-order chi connectivity index (χ0) is 16.1. The van der Waals surface area contributed by atoms with Crippen molar-refractivity contribution in [3.63, 3.8) is 0 Å². The van der Waals surface area contributed by atoms with E-state index in [4.69, 9.17) is 20.3 Å². The molecule has 0 saturated heterocycles. The van der Waals surface area contributed by atoms with Crippen LogP contribution in [-0.2, 0) is 4.79 Å². The van der Waals surface area contributed by atoms with Gasteiger partial charge in [-0.3, -0.25) is 4.79 Å². The molecule has 0 aliphatic carbocycles. The summed E-state index contributed by atoms with van der Waals surface area (Å²) >= 11 is 0. The van der Waals surface area contributed by atoms with E-state index in [1.807, 2.05) is 6.07 Å². The van der Waals surface area contributed by atoms with Gasteiger partial charge in [0.2, 0.25) is 0 Å². The molecule has 2 rings (SSSR count). The van der Waals surface area contributed by atoms with E-state index in [1.54, 1.807) is 26.4 Å². The molecule has 0 saturated carbocycles. The Labute approximate surface area is 127 Å². The van der Waals surface area contributed by atoms with Crippen LogP contribution in [0.2, 0.25) is 0 Å². The molecule has 7 nitrogen and oxygen atoms in total. The highest BCUT2D eigenvalue weighted by Gasteiger charge is 2.13. The molecule has 22 heavy (non-hydrogen) atoms. The fourth-order valence-electron chi connectivity index (χ4n) is 1.96. The minimum absolute atomic E-state index is 0.168. The molecular formula is C15H17N3O4. The Kier molecular flexibility index (Phi) is 4.90. The third kappa shape index (κ3) is 3.50. The van der Waals surface area contributed by atoms with Gasteiger partial charge < -0.3 is 20.3 Å². The van der Waals surface area contributed by atoms with Crippen LogP contribution in [0.25, 0.3) is 11.4 Å². The first-order valence-corrected chi connectivity index (χ1v) is 6.57. The van der Waals surface area contributed by atoms with E-state index >= 15 is 0 Å². The molecule has 1 unspecified atom stereocenters. The second-order valence-corrected chi connectivity index (χ2v) is 4.61. The third-order valence-corrected chi connectivity index (χ3v) is 3.14. The second-order valence-electron chi connectivity index (χ2n) is 4.61. The zero-order valence-electron chi connectivity index (χ0n) is 12.3. The molecule has 0 amide bonds. The lowest BCUT2D eigenvalue weighted by Gasteiger charge is -2.10. The Balaban J connectivity index is 2.25. The van der Waals surface area contributed by atoms with Crippen LogP contribution in [0.5, 0.6) is 11.5 Å². The number of hydrogen-bond acceptors (Lipinski definition) is 6. The number of carbonyl (C=O) groups is 1. The average molecular weight is 303 g/mol. The fourth-order valence-corrected chi connectivity index (χ4v) is 1.96. The SMILES string of the molecule is COc1ccc(-c2ncc(C(N)CC(=O)O)cn2)cc1OC. The number of carboxylic acid groups (broad SMARTS) is 1. The lowest BCUT2D eigenvalue weighted by Crippen LogP contribution is -2.15. The minimum atomic E-state index is -0.962. The Morgan fingerprint density at radius 2 is 1.86 bits per heavy atom. The maximum absolute atomic E-state index is 10.7. The summed E-state index contributed by atoms with van der Waals surface area (Å²) in [6.45, 7) is 0. The van der Waals surface area contributed by atoms with Crippen LogP contribution in [0.3, 0.4) is 0 Å². The predicted octanol–water partition coefficient (Wildman–Crippen LogP) is 1.64. The Morgan fingerprint density at radius 1 is 1.23 bits per heavy atom. The van der Waals surface area contributed by atoms with Crippen molar-refractivity contribution in [2.24, 2.45) is 5.73 Å². The maximum atomic E-state index is 10.7. The molecule has 1 heterocycles. The first-order chi connectivity index (χ1) is 10.5. The molecule has 0 aliphatic heterocycles. The number of aromatic nitrogens is 2. The average Bonchev–Trinajstić information content (AvgIpc) is 2.53. The Bertz CT molecular complexity index is 658. The first-order valence-electron chi connectivity index (χ1n) is 6.57. The van der Waals surface area contributed by atoms with Gasteiger partial charge in [-0.25, -0.2) is 9.97 Å². The lowest BCUT2D eigenvalue weighted by atomic mass is 10.1. The quantitative estimate of drug-likeness (QED) is 0.835. The van der Waals surface area contributed by atoms with Crippen LogP contribution in [0.1, 0.15) is 18.0 Å². The molecule has 0 aliphatic rings. The lowest BCUT2D eigenvalue weighted by molar-refractivity contribution is -0.137. The van der Waals surface area contributed by atoms with Crippen molar-refractivity contribution in [1.29, 1.82) is 0 Å². The number of rotatable bonds is 6. The molecule has 3 N–H and O–H groups in total. The molecule has 1 aromatic heterocycles. The number of nitrogens with zero attached hydrogens (tertiary/aromatic N) is 2. The van der Waals surface area contributed by atoms with Gasteiger partial charge in [-0.1, -0.05) is 0 Å². The van der Waals surface area contributed by atoms with Crippen LogP contribution < -0.4 is 15.2 Å². The highest BCUT2D eigenvalue weighted by molar-refractivity contribution is 5.68. The van der Waals surface area contributed by atoms with Gasteiger partial charge in [0.15, 0.2) is 17.3 Å². The van der Waals surface area contributed by atoms with E-state index in [2.05, 4.69) is 9.97 Å². The van der Waals surface area contributed by atoms with Crippen LogP contribution >= 0.6 is 0 Å². The van der Waals surface area contributed by atoms with Gasteiger partial charge in [0.05, 0.1) is 20.6 Å². The highest BCUT2D eigenvalue weighted by Crippen LogP contribution is 2.31. The van der Waals surface area contributed by atoms with E-state index in [9.17, 15) is 4.79 Å². The van der Waals surface area contributed by atoms with Gasteiger partial charge in [0.1, 0.15) is 0 Å². The summed E-state index contributed by atoms with van der Waals surface area (Å²) in [6, 6.07) is 4.72. The van der Waals surface area contributed by atoms with Crippen LogP contribution in [0.4, 0.5) is 0 Å². The summed E-state index contributed by atoms with van der Waals surface area (Å²) < 4.78 is 10.4. The largest absolute Gasteiger partial charge is 0.493 e. The van der Waals surface area contributed by atoms with Crippen molar-refractivity contribution in [2.75, 3.05) is 14.2 Å². The molecule has 1 aromatic carbocycles. The monoisotopic (exact) mass is 303 g/mol. The number of ether oxygens (including phenoxy) is 2. The molecule has 0 bridgehead atoms. The summed E-state index contributed by atoms with van der Waals surface area (Å²) in [6.07, 6.45) is 2.90. The second kappa shape index (κ2) is 6.86. The van der Waals surface area contributed by atoms with Crippen molar-refractivity contribution >= 4 is 5.97 Å². The predicted molar refractivity (Wildman–Crippen MR) is 79.8 cm³/mol. The Hall–Kier alpha value is -2.67. The first kappa shape index (κ1) is 15.7. The number of nitrogens with two attached hydrogens (primary N) is 1. The van der Waals surface area contributed by atoms with Crippen molar-refractivity contribution in [3.8, 4) is 22.9 Å². The number of methoxy groups -OCH3 is 2. The normalized spacial score (nSPS) is 11.8. The molecule has 0 fully saturated rings. The molecule has 116 valence electrons. The molecular weight excluding hydrogens is 286 g/mol. The zero-order valence-corrected chi connectivity index (χ0v) is 12.3. The minimum Gasteiger partial charge on any atom is -0.493 e. The van der Waals surface area contributed by atoms with Crippen molar-refractivity contribution in [1.82, 2.24) is 9.97 Å². The van der Waals surface area contributed by atoms with Gasteiger partial charge in [0.25, 0.3) is 0 Å². The maximum Gasteiger partial charge on any atom is 0.305 e. The van der Waals surface area contributed by atoms with Gasteiger partial charge in [-0.2, -0.15) is 0 Å². The summed E-state index contributed by atoms with van der Waals surface area (Å²) in [5, 5.41) is 8.74. The topological polar surface area (TPSA) is 108 Å².